The number of aliphatic hydroxyl groups is 1. The predicted molar refractivity (Wildman–Crippen MR) is 40.9 cm³/mol. The van der Waals surface area contributed by atoms with Crippen LogP contribution in [0.2, 0.25) is 0 Å². The number of hydrogen-bond donors (Lipinski definition) is 2. The van der Waals surface area contributed by atoms with Gasteiger partial charge < -0.3 is 10.0 Å². The third-order valence-electron chi connectivity index (χ3n) is 1.82. The average molecular weight is 147 g/mol. The Kier molecular flexibility index (Phi) is 2.03. The average Bonchev–Trinajstić information content (AvgIpc) is 2.13. The minimum Gasteiger partial charge on any atom is -0.388 e. The second kappa shape index (κ2) is 2.48. The summed E-state index contributed by atoms with van der Waals surface area (Å²) in [4.78, 5) is 2.12. The maximum Gasteiger partial charge on any atom is 0.0873 e. The van der Waals surface area contributed by atoms with Crippen molar-refractivity contribution in [3.05, 3.63) is 0 Å². The van der Waals surface area contributed by atoms with Crippen LogP contribution in [-0.2, 0) is 0 Å². The topological polar surface area (TPSA) is 23.5 Å². The molecule has 0 bridgehead atoms. The van der Waals surface area contributed by atoms with E-state index < -0.39 is 5.60 Å². The fourth-order valence-corrected chi connectivity index (χ4v) is 1.45. The lowest BCUT2D eigenvalue weighted by Gasteiger charge is -2.18. The third-order valence-corrected chi connectivity index (χ3v) is 2.41. The first-order chi connectivity index (χ1) is 4.16. The van der Waals surface area contributed by atoms with Crippen LogP contribution in [0.15, 0.2) is 0 Å². The number of hydrogen-bond acceptors (Lipinski definition) is 3. The molecule has 0 spiro atoms. The number of β-amino-alcohol motifs (C(OH)–C–C–N with tert-alkyl or cyclic N) is 1. The molecule has 0 aromatic heterocycles. The van der Waals surface area contributed by atoms with E-state index in [4.69, 9.17) is 0 Å². The maximum absolute atomic E-state index is 9.55. The Morgan fingerprint density at radius 3 is 2.67 bits per heavy atom. The van der Waals surface area contributed by atoms with Crippen molar-refractivity contribution in [2.75, 3.05) is 25.9 Å². The van der Waals surface area contributed by atoms with Gasteiger partial charge in [0.25, 0.3) is 0 Å². The molecular formula is C6H13NOS. The summed E-state index contributed by atoms with van der Waals surface area (Å²) in [5.74, 6) is 0.581. The molecule has 0 amide bonds. The highest BCUT2D eigenvalue weighted by atomic mass is 32.1. The van der Waals surface area contributed by atoms with Crippen LogP contribution in [0.4, 0.5) is 0 Å². The lowest BCUT2D eigenvalue weighted by atomic mass is 10.1. The van der Waals surface area contributed by atoms with E-state index in [0.29, 0.717) is 5.75 Å². The fraction of sp³-hybridized carbons (Fsp3) is 1.00. The second-order valence-electron chi connectivity index (χ2n) is 2.87. The van der Waals surface area contributed by atoms with Crippen molar-refractivity contribution in [2.24, 2.45) is 0 Å². The van der Waals surface area contributed by atoms with Gasteiger partial charge in [-0.05, 0) is 13.5 Å². The minimum atomic E-state index is -0.502. The van der Waals surface area contributed by atoms with Gasteiger partial charge in [0.15, 0.2) is 0 Å². The molecule has 1 aliphatic heterocycles. The Morgan fingerprint density at radius 1 is 1.78 bits per heavy atom. The van der Waals surface area contributed by atoms with Crippen LogP contribution in [-0.4, -0.2) is 41.5 Å². The Bertz CT molecular complexity index is 109. The molecule has 3 heteroatoms. The molecule has 0 saturated carbocycles. The quantitative estimate of drug-likeness (QED) is 0.509. The Hall–Kier alpha value is 0.270. The van der Waals surface area contributed by atoms with Crippen LogP contribution in [0.25, 0.3) is 0 Å². The summed E-state index contributed by atoms with van der Waals surface area (Å²) in [7, 11) is 2.02. The molecule has 9 heavy (non-hydrogen) atoms. The minimum absolute atomic E-state index is 0.502. The van der Waals surface area contributed by atoms with Crippen molar-refractivity contribution in [3.8, 4) is 0 Å². The van der Waals surface area contributed by atoms with E-state index in [9.17, 15) is 5.11 Å². The van der Waals surface area contributed by atoms with Crippen LogP contribution in [0.5, 0.6) is 0 Å². The predicted octanol–water partition coefficient (Wildman–Crippen LogP) is -0.0172. The van der Waals surface area contributed by atoms with Crippen molar-refractivity contribution >= 4 is 12.6 Å². The molecule has 1 atom stereocenters. The Balaban J connectivity index is 2.45. The molecule has 1 heterocycles. The molecule has 1 saturated heterocycles. The monoisotopic (exact) mass is 147 g/mol. The number of likely N-dealkylation sites (N-methyl/N-ethyl adjacent to an activating group) is 1. The van der Waals surface area contributed by atoms with Gasteiger partial charge in [-0.2, -0.15) is 12.6 Å². The van der Waals surface area contributed by atoms with E-state index in [0.717, 1.165) is 19.5 Å². The first-order valence-electron chi connectivity index (χ1n) is 3.18. The van der Waals surface area contributed by atoms with E-state index in [1.165, 1.54) is 0 Å². The van der Waals surface area contributed by atoms with Crippen molar-refractivity contribution in [2.45, 2.75) is 12.0 Å². The van der Waals surface area contributed by atoms with E-state index in [-0.39, 0.29) is 0 Å². The molecule has 0 aromatic rings. The first-order valence-corrected chi connectivity index (χ1v) is 3.81. The zero-order valence-corrected chi connectivity index (χ0v) is 6.56. The summed E-state index contributed by atoms with van der Waals surface area (Å²) in [5.41, 5.74) is -0.502. The van der Waals surface area contributed by atoms with Gasteiger partial charge in [-0.1, -0.05) is 0 Å². The van der Waals surface area contributed by atoms with E-state index >= 15 is 0 Å². The highest BCUT2D eigenvalue weighted by Crippen LogP contribution is 2.20. The Morgan fingerprint density at radius 2 is 2.44 bits per heavy atom. The molecule has 1 N–H and O–H groups in total. The second-order valence-corrected chi connectivity index (χ2v) is 3.19. The molecule has 1 fully saturated rings. The zero-order valence-electron chi connectivity index (χ0n) is 5.67. The maximum atomic E-state index is 9.55. The van der Waals surface area contributed by atoms with E-state index in [1.807, 2.05) is 7.05 Å². The largest absolute Gasteiger partial charge is 0.388 e. The zero-order chi connectivity index (χ0) is 6.91. The highest BCUT2D eigenvalue weighted by molar-refractivity contribution is 7.80. The molecule has 0 aromatic carbocycles. The third kappa shape index (κ3) is 1.60. The summed E-state index contributed by atoms with van der Waals surface area (Å²) in [6.07, 6.45) is 0.868. The Labute approximate surface area is 61.3 Å². The number of thiol groups is 1. The lowest BCUT2D eigenvalue weighted by Crippen LogP contribution is -2.33. The molecular weight excluding hydrogens is 134 g/mol. The summed E-state index contributed by atoms with van der Waals surface area (Å²) >= 11 is 4.07. The van der Waals surface area contributed by atoms with Gasteiger partial charge in [-0.3, -0.25) is 0 Å². The van der Waals surface area contributed by atoms with Gasteiger partial charge in [0.1, 0.15) is 0 Å². The van der Waals surface area contributed by atoms with Crippen LogP contribution >= 0.6 is 12.6 Å². The number of nitrogens with zero attached hydrogens (tertiary/aromatic N) is 1. The smallest absolute Gasteiger partial charge is 0.0873 e. The molecule has 2 nitrogen and oxygen atoms in total. The van der Waals surface area contributed by atoms with Gasteiger partial charge in [0, 0.05) is 18.8 Å². The first kappa shape index (κ1) is 7.38. The number of rotatable bonds is 1. The standard InChI is InChI=1S/C6H13NOS/c1-7-3-2-6(8,4-7)5-9/h8-9H,2-5H2,1H3. The fourth-order valence-electron chi connectivity index (χ4n) is 1.19. The summed E-state index contributed by atoms with van der Waals surface area (Å²) in [5, 5.41) is 9.55. The van der Waals surface area contributed by atoms with Gasteiger partial charge in [0.2, 0.25) is 0 Å². The van der Waals surface area contributed by atoms with Crippen molar-refractivity contribution in [1.82, 2.24) is 4.90 Å². The van der Waals surface area contributed by atoms with Crippen molar-refractivity contribution < 1.29 is 5.11 Å². The van der Waals surface area contributed by atoms with Crippen LogP contribution in [0.3, 0.4) is 0 Å². The number of likely N-dealkylation sites (tertiary alicyclic amines) is 1. The van der Waals surface area contributed by atoms with Crippen LogP contribution < -0.4 is 0 Å². The van der Waals surface area contributed by atoms with Crippen LogP contribution in [0.1, 0.15) is 6.42 Å². The molecule has 1 unspecified atom stereocenters. The summed E-state index contributed by atoms with van der Waals surface area (Å²) < 4.78 is 0. The molecule has 0 radical (unpaired) electrons. The molecule has 1 rings (SSSR count). The molecule has 54 valence electrons. The molecule has 0 aliphatic carbocycles. The summed E-state index contributed by atoms with van der Waals surface area (Å²) in [6.45, 7) is 1.77. The highest BCUT2D eigenvalue weighted by Gasteiger charge is 2.32. The van der Waals surface area contributed by atoms with Gasteiger partial charge in [0.05, 0.1) is 5.60 Å². The van der Waals surface area contributed by atoms with Crippen LogP contribution in [0, 0.1) is 0 Å². The van der Waals surface area contributed by atoms with E-state index in [2.05, 4.69) is 17.5 Å². The van der Waals surface area contributed by atoms with Crippen molar-refractivity contribution in [1.29, 1.82) is 0 Å². The molecule has 1 aliphatic rings. The van der Waals surface area contributed by atoms with E-state index in [1.54, 1.807) is 0 Å². The van der Waals surface area contributed by atoms with Gasteiger partial charge in [-0.15, -0.1) is 0 Å². The SMILES string of the molecule is CN1CCC(O)(CS)C1. The normalized spacial score (nSPS) is 37.7. The summed E-state index contributed by atoms with van der Waals surface area (Å²) in [6, 6.07) is 0. The van der Waals surface area contributed by atoms with Crippen molar-refractivity contribution in [3.63, 3.8) is 0 Å². The van der Waals surface area contributed by atoms with Gasteiger partial charge in [-0.25, -0.2) is 0 Å². The lowest BCUT2D eigenvalue weighted by molar-refractivity contribution is 0.0772. The van der Waals surface area contributed by atoms with Gasteiger partial charge >= 0.3 is 0 Å².